The number of rotatable bonds is 10. The molecule has 0 unspecified atom stereocenters. The van der Waals surface area contributed by atoms with E-state index in [2.05, 4.69) is 79.8 Å². The van der Waals surface area contributed by atoms with Crippen LogP contribution in [0.4, 0.5) is 0 Å². The van der Waals surface area contributed by atoms with Crippen molar-refractivity contribution in [3.05, 3.63) is 71.8 Å². The summed E-state index contributed by atoms with van der Waals surface area (Å²) < 4.78 is 0. The molecule has 244 valence electrons. The summed E-state index contributed by atoms with van der Waals surface area (Å²) in [4.78, 5) is 0. The molecule has 4 saturated carbocycles. The highest BCUT2D eigenvalue weighted by Gasteiger charge is 2.34. The molecule has 1 nitrogen and oxygen atoms in total. The van der Waals surface area contributed by atoms with E-state index < -0.39 is 5.54 Å². The lowest BCUT2D eigenvalue weighted by Gasteiger charge is -2.39. The van der Waals surface area contributed by atoms with Gasteiger partial charge in [-0.25, -0.2) is 0 Å². The van der Waals surface area contributed by atoms with Gasteiger partial charge < -0.3 is 5.73 Å². The highest BCUT2D eigenvalue weighted by atomic mass is 31.1. The first-order valence-electron chi connectivity index (χ1n) is 19.0. The van der Waals surface area contributed by atoms with Gasteiger partial charge in [-0.1, -0.05) is 166 Å². The molecule has 45 heavy (non-hydrogen) atoms. The number of hydrogen-bond acceptors (Lipinski definition) is 1. The topological polar surface area (TPSA) is 26.0 Å². The van der Waals surface area contributed by atoms with Crippen LogP contribution in [0.3, 0.4) is 0 Å². The maximum Gasteiger partial charge on any atom is 0.0502 e. The van der Waals surface area contributed by atoms with Gasteiger partial charge in [-0.05, 0) is 103 Å². The van der Waals surface area contributed by atoms with E-state index in [9.17, 15) is 0 Å². The second-order valence-corrected chi connectivity index (χ2v) is 20.6. The molecule has 0 bridgehead atoms. The molecule has 2 aromatic carbocycles. The van der Waals surface area contributed by atoms with Crippen LogP contribution in [0.2, 0.25) is 0 Å². The minimum Gasteiger partial charge on any atom is -0.319 e. The van der Waals surface area contributed by atoms with Gasteiger partial charge in [-0.15, -0.1) is 0 Å². The summed E-state index contributed by atoms with van der Waals surface area (Å²) in [7, 11) is -0.274. The van der Waals surface area contributed by atoms with Gasteiger partial charge in [-0.3, -0.25) is 0 Å². The molecule has 0 saturated heterocycles. The smallest absolute Gasteiger partial charge is 0.0502 e. The van der Waals surface area contributed by atoms with E-state index in [0.29, 0.717) is 0 Å². The lowest BCUT2D eigenvalue weighted by atomic mass is 9.99. The Bertz CT molecular complexity index is 1110. The third-order valence-electron chi connectivity index (χ3n) is 11.5. The van der Waals surface area contributed by atoms with E-state index in [1.165, 1.54) is 140 Å². The Morgan fingerprint density at radius 1 is 0.489 bits per heavy atom. The van der Waals surface area contributed by atoms with Crippen molar-refractivity contribution in [3.8, 4) is 0 Å². The van der Waals surface area contributed by atoms with Crippen LogP contribution in [0.25, 0.3) is 12.2 Å². The number of nitrogens with two attached hydrogens (primary N) is 1. The Morgan fingerprint density at radius 3 is 1.09 bits per heavy atom. The highest BCUT2D eigenvalue weighted by Crippen LogP contribution is 2.56. The van der Waals surface area contributed by atoms with Gasteiger partial charge in [0.05, 0.1) is 5.54 Å². The molecule has 4 aliphatic carbocycles. The Hall–Kier alpha value is -1.26. The van der Waals surface area contributed by atoms with Crippen LogP contribution < -0.4 is 16.3 Å². The molecule has 0 spiro atoms. The second kappa shape index (κ2) is 16.7. The third kappa shape index (κ3) is 9.01. The van der Waals surface area contributed by atoms with Gasteiger partial charge in [0.2, 0.25) is 0 Å². The van der Waals surface area contributed by atoms with Crippen molar-refractivity contribution in [2.45, 2.75) is 164 Å². The van der Waals surface area contributed by atoms with Gasteiger partial charge in [0.15, 0.2) is 0 Å². The number of hydrogen-bond donors (Lipinski definition) is 1. The number of benzene rings is 2. The Kier molecular flexibility index (Phi) is 12.5. The minimum atomic E-state index is -0.489. The molecule has 4 fully saturated rings. The summed E-state index contributed by atoms with van der Waals surface area (Å²) in [6.45, 7) is 2.20. The highest BCUT2D eigenvalue weighted by molar-refractivity contribution is 7.67. The fourth-order valence-electron chi connectivity index (χ4n) is 9.14. The molecular weight excluding hydrogens is 580 g/mol. The maximum absolute atomic E-state index is 7.07. The third-order valence-corrected chi connectivity index (χ3v) is 18.7. The molecule has 4 aliphatic rings. The molecule has 6 rings (SSSR count). The Morgan fingerprint density at radius 2 is 0.778 bits per heavy atom. The van der Waals surface area contributed by atoms with Gasteiger partial charge in [0.25, 0.3) is 0 Å². The molecule has 0 heterocycles. The van der Waals surface area contributed by atoms with E-state index in [-0.39, 0.29) is 15.8 Å². The molecular formula is C42H61NP2. The van der Waals surface area contributed by atoms with Crippen LogP contribution in [0.1, 0.15) is 146 Å². The van der Waals surface area contributed by atoms with Gasteiger partial charge >= 0.3 is 0 Å². The van der Waals surface area contributed by atoms with Crippen molar-refractivity contribution in [3.63, 3.8) is 0 Å². The van der Waals surface area contributed by atoms with Crippen molar-refractivity contribution in [2.24, 2.45) is 5.73 Å². The van der Waals surface area contributed by atoms with Crippen molar-refractivity contribution >= 4 is 38.6 Å². The first-order valence-corrected chi connectivity index (χ1v) is 22.0. The van der Waals surface area contributed by atoms with E-state index in [4.69, 9.17) is 5.73 Å². The summed E-state index contributed by atoms with van der Waals surface area (Å²) in [5.41, 5.74) is 13.1. The lowest BCUT2D eigenvalue weighted by molar-refractivity contribution is 0.487. The maximum atomic E-state index is 7.07. The Labute approximate surface area is 278 Å². The zero-order valence-electron chi connectivity index (χ0n) is 28.4. The molecule has 0 amide bonds. The van der Waals surface area contributed by atoms with Gasteiger partial charge in [-0.2, -0.15) is 0 Å². The quantitative estimate of drug-likeness (QED) is 0.257. The molecule has 0 aliphatic heterocycles. The minimum absolute atomic E-state index is 0.137. The average Bonchev–Trinajstić information content (AvgIpc) is 3.10. The van der Waals surface area contributed by atoms with E-state index in [1.54, 1.807) is 10.6 Å². The van der Waals surface area contributed by atoms with E-state index in [0.717, 1.165) is 22.6 Å². The average molecular weight is 642 g/mol. The first kappa shape index (κ1) is 33.6. The molecule has 0 aromatic heterocycles. The lowest BCUT2D eigenvalue weighted by Crippen LogP contribution is -2.31. The van der Waals surface area contributed by atoms with Crippen LogP contribution >= 0.6 is 15.8 Å². The molecule has 0 atom stereocenters. The normalized spacial score (nSPS) is 22.3. The predicted octanol–water partition coefficient (Wildman–Crippen LogP) is 11.7. The van der Waals surface area contributed by atoms with Crippen LogP contribution in [-0.2, 0) is 0 Å². The monoisotopic (exact) mass is 641 g/mol. The molecule has 0 radical (unpaired) electrons. The largest absolute Gasteiger partial charge is 0.319 e. The van der Waals surface area contributed by atoms with Crippen LogP contribution in [0, 0.1) is 0 Å². The summed E-state index contributed by atoms with van der Waals surface area (Å²) in [5, 5.41) is 3.33. The second-order valence-electron chi connectivity index (χ2n) is 15.1. The van der Waals surface area contributed by atoms with Crippen LogP contribution in [-0.4, -0.2) is 28.2 Å². The SMILES string of the molecule is CC(N)(/C=C\c1ccccc1P(C1CCCCC1)C1CCCCC1)/C=C\c1ccccc1P(C1CCCCC1)C1CCCCC1. The predicted molar refractivity (Wildman–Crippen MR) is 204 cm³/mol. The van der Waals surface area contributed by atoms with Crippen molar-refractivity contribution < 1.29 is 0 Å². The zero-order valence-corrected chi connectivity index (χ0v) is 30.1. The fraction of sp³-hybridized carbons (Fsp3) is 0.619. The zero-order chi connectivity index (χ0) is 30.9. The van der Waals surface area contributed by atoms with Crippen LogP contribution in [0.5, 0.6) is 0 Å². The standard InChI is InChI=1S/C42H61NP2/c1-42(43,32-30-34-18-14-16-28-40(34)44(36-20-6-2-7-21-36)37-22-8-3-9-23-37)33-31-35-19-15-17-29-41(35)45(38-24-10-4-11-25-38)39-26-12-5-13-27-39/h14-19,28-33,36-39H,2-13,20-27,43H2,1H3/b32-30-,33-31-. The summed E-state index contributed by atoms with van der Waals surface area (Å²) >= 11 is 0. The van der Waals surface area contributed by atoms with Crippen LogP contribution in [0.15, 0.2) is 60.7 Å². The van der Waals surface area contributed by atoms with Crippen molar-refractivity contribution in [1.29, 1.82) is 0 Å². The first-order chi connectivity index (χ1) is 22.1. The van der Waals surface area contributed by atoms with Crippen molar-refractivity contribution in [2.75, 3.05) is 0 Å². The summed E-state index contributed by atoms with van der Waals surface area (Å²) in [6.07, 6.45) is 38.2. The summed E-state index contributed by atoms with van der Waals surface area (Å²) in [6, 6.07) is 18.9. The molecule has 2 aromatic rings. The molecule has 3 heteroatoms. The van der Waals surface area contributed by atoms with E-state index in [1.807, 2.05) is 0 Å². The van der Waals surface area contributed by atoms with Gasteiger partial charge in [0, 0.05) is 0 Å². The molecule has 2 N–H and O–H groups in total. The van der Waals surface area contributed by atoms with Gasteiger partial charge in [0.1, 0.15) is 0 Å². The fourth-order valence-corrected chi connectivity index (χ4v) is 17.0. The van der Waals surface area contributed by atoms with Crippen molar-refractivity contribution in [1.82, 2.24) is 0 Å². The van der Waals surface area contributed by atoms with E-state index >= 15 is 0 Å². The Balaban J connectivity index is 1.24. The summed E-state index contributed by atoms with van der Waals surface area (Å²) in [5.74, 6) is 0.